The van der Waals surface area contributed by atoms with Gasteiger partial charge in [0.2, 0.25) is 0 Å². The number of imide groups is 1. The number of amides is 2. The highest BCUT2D eigenvalue weighted by molar-refractivity contribution is 6.31. The normalized spacial score (nSPS) is 15.6. The van der Waals surface area contributed by atoms with Gasteiger partial charge in [-0.2, -0.15) is 0 Å². The second-order valence-corrected chi connectivity index (χ2v) is 6.59. The Balaban J connectivity index is 1.88. The first-order chi connectivity index (χ1) is 12.7. The molecular weight excluding hydrogens is 334 g/mol. The van der Waals surface area contributed by atoms with Crippen LogP contribution in [0.1, 0.15) is 38.3 Å². The van der Waals surface area contributed by atoms with E-state index in [0.29, 0.717) is 35.7 Å². The molecule has 0 bridgehead atoms. The molecular formula is C19H17N3O4. The molecule has 0 saturated heterocycles. The lowest BCUT2D eigenvalue weighted by Gasteiger charge is -2.09. The number of aromatic amines is 1. The molecule has 2 aliphatic rings. The molecule has 0 radical (unpaired) electrons. The number of fused-ring (bicyclic) bond motifs is 8. The van der Waals surface area contributed by atoms with Gasteiger partial charge in [0.05, 0.1) is 28.6 Å². The molecule has 0 atom stereocenters. The smallest absolute Gasteiger partial charge is 0.259 e. The molecule has 7 heteroatoms. The fourth-order valence-corrected chi connectivity index (χ4v) is 4.20. The summed E-state index contributed by atoms with van der Waals surface area (Å²) in [5, 5.41) is 3.94. The average Bonchev–Trinajstić information content (AvgIpc) is 3.30. The first-order valence-electron chi connectivity index (χ1n) is 8.66. The van der Waals surface area contributed by atoms with E-state index in [2.05, 4.69) is 15.3 Å². The number of carbonyl (C=O) groups excluding carboxylic acids is 2. The summed E-state index contributed by atoms with van der Waals surface area (Å²) in [4.78, 5) is 32.8. The first-order valence-corrected chi connectivity index (χ1v) is 8.66. The van der Waals surface area contributed by atoms with Gasteiger partial charge in [0.1, 0.15) is 18.0 Å². The molecule has 5 rings (SSSR count). The minimum atomic E-state index is -0.350. The van der Waals surface area contributed by atoms with Crippen LogP contribution in [-0.2, 0) is 17.6 Å². The Labute approximate surface area is 148 Å². The summed E-state index contributed by atoms with van der Waals surface area (Å²) >= 11 is 0. The Morgan fingerprint density at radius 3 is 2.73 bits per heavy atom. The molecule has 2 amide bonds. The van der Waals surface area contributed by atoms with Gasteiger partial charge in [-0.3, -0.25) is 14.9 Å². The van der Waals surface area contributed by atoms with Crippen LogP contribution in [0.25, 0.3) is 21.9 Å². The summed E-state index contributed by atoms with van der Waals surface area (Å²) < 4.78 is 10.9. The van der Waals surface area contributed by atoms with Gasteiger partial charge < -0.3 is 14.5 Å². The number of hydrogen-bond acceptors (Lipinski definition) is 5. The lowest BCUT2D eigenvalue weighted by Crippen LogP contribution is -2.20. The summed E-state index contributed by atoms with van der Waals surface area (Å²) in [5.41, 5.74) is 4.63. The number of aromatic nitrogens is 2. The van der Waals surface area contributed by atoms with E-state index in [4.69, 9.17) is 9.47 Å². The highest BCUT2D eigenvalue weighted by atomic mass is 16.5. The molecule has 0 saturated carbocycles. The van der Waals surface area contributed by atoms with Crippen molar-refractivity contribution in [2.24, 2.45) is 0 Å². The van der Waals surface area contributed by atoms with Gasteiger partial charge in [-0.15, -0.1) is 0 Å². The van der Waals surface area contributed by atoms with Crippen LogP contribution in [0.15, 0.2) is 12.3 Å². The molecule has 7 nitrogen and oxygen atoms in total. The van der Waals surface area contributed by atoms with Gasteiger partial charge in [0, 0.05) is 18.7 Å². The molecule has 1 aromatic carbocycles. The molecule has 1 aliphatic carbocycles. The third-order valence-corrected chi connectivity index (χ3v) is 5.20. The molecule has 2 aromatic heterocycles. The van der Waals surface area contributed by atoms with Crippen LogP contribution in [0, 0.1) is 0 Å². The summed E-state index contributed by atoms with van der Waals surface area (Å²) in [7, 11) is 1.61. The van der Waals surface area contributed by atoms with E-state index in [9.17, 15) is 9.59 Å². The van der Waals surface area contributed by atoms with Crippen LogP contribution in [0.3, 0.4) is 0 Å². The SMILES string of the molecule is COCCOc1ccnc2[nH]c3c4c(c5c(c3c12)C(=O)NC5=O)CCC4. The Bertz CT molecular complexity index is 1100. The van der Waals surface area contributed by atoms with Gasteiger partial charge in [-0.1, -0.05) is 0 Å². The number of ether oxygens (including phenoxy) is 2. The van der Waals surface area contributed by atoms with Crippen molar-refractivity contribution < 1.29 is 19.1 Å². The van der Waals surface area contributed by atoms with Crippen LogP contribution in [0.5, 0.6) is 5.75 Å². The maximum Gasteiger partial charge on any atom is 0.259 e. The standard InChI is InChI=1S/C19H17N3O4/c1-25-7-8-26-11-5-6-20-17-13(11)14-15-12(18(23)22-19(15)24)9-3-2-4-10(9)16(14)21-17/h5-6H,2-4,7-8H2,1H3,(H,20,21)(H,22,23,24). The predicted molar refractivity (Wildman–Crippen MR) is 94.8 cm³/mol. The zero-order chi connectivity index (χ0) is 17.8. The number of methoxy groups -OCH3 is 1. The summed E-state index contributed by atoms with van der Waals surface area (Å²) in [6, 6.07) is 1.78. The molecule has 3 aromatic rings. The van der Waals surface area contributed by atoms with Crippen molar-refractivity contribution in [2.45, 2.75) is 19.3 Å². The number of nitrogens with one attached hydrogen (secondary N) is 2. The summed E-state index contributed by atoms with van der Waals surface area (Å²) in [5.74, 6) is -0.0203. The third-order valence-electron chi connectivity index (χ3n) is 5.20. The number of pyridine rings is 1. The number of H-pyrrole nitrogens is 1. The molecule has 0 spiro atoms. The van der Waals surface area contributed by atoms with E-state index in [-0.39, 0.29) is 11.8 Å². The number of nitrogens with zero attached hydrogens (tertiary/aromatic N) is 1. The number of carbonyl (C=O) groups is 2. The fraction of sp³-hybridized carbons (Fsp3) is 0.316. The van der Waals surface area contributed by atoms with Crippen molar-refractivity contribution in [1.29, 1.82) is 0 Å². The van der Waals surface area contributed by atoms with Crippen LogP contribution >= 0.6 is 0 Å². The van der Waals surface area contributed by atoms with Crippen molar-refractivity contribution >= 4 is 33.8 Å². The maximum atomic E-state index is 12.6. The first kappa shape index (κ1) is 15.3. The lowest BCUT2D eigenvalue weighted by atomic mass is 9.94. The van der Waals surface area contributed by atoms with E-state index in [1.54, 1.807) is 19.4 Å². The quantitative estimate of drug-likeness (QED) is 0.555. The van der Waals surface area contributed by atoms with Gasteiger partial charge in [-0.25, -0.2) is 4.98 Å². The van der Waals surface area contributed by atoms with Gasteiger partial charge in [0.15, 0.2) is 0 Å². The van der Waals surface area contributed by atoms with Crippen molar-refractivity contribution in [1.82, 2.24) is 15.3 Å². The lowest BCUT2D eigenvalue weighted by molar-refractivity contribution is 0.0880. The Hall–Kier alpha value is -2.93. The van der Waals surface area contributed by atoms with E-state index in [1.807, 2.05) is 0 Å². The molecule has 132 valence electrons. The summed E-state index contributed by atoms with van der Waals surface area (Å²) in [6.45, 7) is 0.846. The van der Waals surface area contributed by atoms with Gasteiger partial charge in [-0.05, 0) is 36.5 Å². The minimum Gasteiger partial charge on any atom is -0.490 e. The minimum absolute atomic E-state index is 0.301. The zero-order valence-electron chi connectivity index (χ0n) is 14.3. The number of aryl methyl sites for hydroxylation is 1. The molecule has 26 heavy (non-hydrogen) atoms. The highest BCUT2D eigenvalue weighted by Crippen LogP contribution is 2.43. The van der Waals surface area contributed by atoms with Crippen LogP contribution in [0.4, 0.5) is 0 Å². The molecule has 0 fully saturated rings. The molecule has 0 unspecified atom stereocenters. The van der Waals surface area contributed by atoms with Crippen molar-refractivity contribution in [3.8, 4) is 5.75 Å². The molecule has 1 aliphatic heterocycles. The van der Waals surface area contributed by atoms with Crippen molar-refractivity contribution in [2.75, 3.05) is 20.3 Å². The predicted octanol–water partition coefficient (Wildman–Crippen LogP) is 2.11. The second-order valence-electron chi connectivity index (χ2n) is 6.59. The Kier molecular flexibility index (Phi) is 3.27. The van der Waals surface area contributed by atoms with Crippen LogP contribution < -0.4 is 10.1 Å². The summed E-state index contributed by atoms with van der Waals surface area (Å²) in [6.07, 6.45) is 4.34. The highest BCUT2D eigenvalue weighted by Gasteiger charge is 2.37. The third kappa shape index (κ3) is 1.94. The maximum absolute atomic E-state index is 12.6. The van der Waals surface area contributed by atoms with Crippen LogP contribution in [0.2, 0.25) is 0 Å². The number of benzene rings is 1. The molecule has 3 heterocycles. The Morgan fingerprint density at radius 1 is 1.08 bits per heavy atom. The largest absolute Gasteiger partial charge is 0.490 e. The van der Waals surface area contributed by atoms with Crippen LogP contribution in [-0.4, -0.2) is 42.1 Å². The van der Waals surface area contributed by atoms with E-state index in [0.717, 1.165) is 46.7 Å². The Morgan fingerprint density at radius 2 is 1.88 bits per heavy atom. The zero-order valence-corrected chi connectivity index (χ0v) is 14.3. The number of hydrogen-bond donors (Lipinski definition) is 2. The molecule has 2 N–H and O–H groups in total. The second kappa shape index (κ2) is 5.54. The topological polar surface area (TPSA) is 93.3 Å². The van der Waals surface area contributed by atoms with E-state index >= 15 is 0 Å². The van der Waals surface area contributed by atoms with E-state index in [1.165, 1.54) is 0 Å². The average molecular weight is 351 g/mol. The van der Waals surface area contributed by atoms with Crippen molar-refractivity contribution in [3.05, 3.63) is 34.5 Å². The van der Waals surface area contributed by atoms with Crippen molar-refractivity contribution in [3.63, 3.8) is 0 Å². The number of rotatable bonds is 4. The van der Waals surface area contributed by atoms with E-state index < -0.39 is 0 Å². The van der Waals surface area contributed by atoms with Gasteiger partial charge >= 0.3 is 0 Å². The van der Waals surface area contributed by atoms with Gasteiger partial charge in [0.25, 0.3) is 11.8 Å². The monoisotopic (exact) mass is 351 g/mol. The fourth-order valence-electron chi connectivity index (χ4n) is 4.20.